The Morgan fingerprint density at radius 1 is 1.17 bits per heavy atom. The number of hydrogen-bond donors (Lipinski definition) is 0. The average molecular weight is 359 g/mol. The summed E-state index contributed by atoms with van der Waals surface area (Å²) in [6, 6.07) is 9.46. The highest BCUT2D eigenvalue weighted by Gasteiger charge is 2.31. The molecule has 0 N–H and O–H groups in total. The van der Waals surface area contributed by atoms with Gasteiger partial charge in [0.2, 0.25) is 0 Å². The van der Waals surface area contributed by atoms with Gasteiger partial charge in [-0.2, -0.15) is 13.2 Å². The lowest BCUT2D eigenvalue weighted by molar-refractivity contribution is -0.137. The van der Waals surface area contributed by atoms with Crippen molar-refractivity contribution in [1.29, 1.82) is 0 Å². The summed E-state index contributed by atoms with van der Waals surface area (Å²) in [6.45, 7) is 1.70. The predicted octanol–water partition coefficient (Wildman–Crippen LogP) is 5.29. The van der Waals surface area contributed by atoms with Crippen LogP contribution in [0, 0.1) is 0 Å². The van der Waals surface area contributed by atoms with Gasteiger partial charge in [-0.05, 0) is 42.8 Å². The Hall–Kier alpha value is -2.21. The molecule has 0 aliphatic heterocycles. The molecule has 0 saturated heterocycles. The molecule has 0 saturated carbocycles. The van der Waals surface area contributed by atoms with E-state index >= 15 is 0 Å². The number of ether oxygens (including phenoxy) is 2. The SMILES string of the molecule is COC(=O)c1cccc(C(C)Oc2ccc(C(F)(F)F)cc2Cl)c1. The Morgan fingerprint density at radius 2 is 1.88 bits per heavy atom. The fourth-order valence-corrected chi connectivity index (χ4v) is 2.29. The second-order valence-electron chi connectivity index (χ2n) is 5.02. The molecule has 128 valence electrons. The lowest BCUT2D eigenvalue weighted by Gasteiger charge is -2.17. The molecule has 0 aliphatic rings. The van der Waals surface area contributed by atoms with Crippen molar-refractivity contribution < 1.29 is 27.4 Å². The lowest BCUT2D eigenvalue weighted by Crippen LogP contribution is -2.08. The molecule has 0 spiro atoms. The molecule has 0 bridgehead atoms. The minimum Gasteiger partial charge on any atom is -0.484 e. The van der Waals surface area contributed by atoms with Crippen molar-refractivity contribution in [3.63, 3.8) is 0 Å². The molecule has 0 aliphatic carbocycles. The summed E-state index contributed by atoms with van der Waals surface area (Å²) in [5, 5.41) is -0.138. The van der Waals surface area contributed by atoms with Crippen molar-refractivity contribution in [3.05, 3.63) is 64.2 Å². The van der Waals surface area contributed by atoms with Gasteiger partial charge in [0.05, 0.1) is 23.3 Å². The first-order valence-corrected chi connectivity index (χ1v) is 7.32. The van der Waals surface area contributed by atoms with Gasteiger partial charge < -0.3 is 9.47 Å². The van der Waals surface area contributed by atoms with Crippen molar-refractivity contribution in [2.24, 2.45) is 0 Å². The Balaban J connectivity index is 2.21. The van der Waals surface area contributed by atoms with Gasteiger partial charge in [-0.1, -0.05) is 23.7 Å². The molecule has 0 amide bonds. The molecule has 0 aromatic heterocycles. The topological polar surface area (TPSA) is 35.5 Å². The summed E-state index contributed by atoms with van der Waals surface area (Å²) >= 11 is 5.87. The number of carbonyl (C=O) groups is 1. The zero-order valence-corrected chi connectivity index (χ0v) is 13.6. The quantitative estimate of drug-likeness (QED) is 0.697. The third-order valence-corrected chi connectivity index (χ3v) is 3.64. The Morgan fingerprint density at radius 3 is 2.46 bits per heavy atom. The Labute approximate surface area is 142 Å². The molecule has 1 unspecified atom stereocenters. The van der Waals surface area contributed by atoms with Gasteiger partial charge in [-0.3, -0.25) is 0 Å². The van der Waals surface area contributed by atoms with Gasteiger partial charge in [0.15, 0.2) is 0 Å². The van der Waals surface area contributed by atoms with Crippen molar-refractivity contribution in [2.45, 2.75) is 19.2 Å². The number of rotatable bonds is 4. The normalized spacial score (nSPS) is 12.6. The maximum atomic E-state index is 12.6. The van der Waals surface area contributed by atoms with Gasteiger partial charge in [-0.15, -0.1) is 0 Å². The fourth-order valence-electron chi connectivity index (χ4n) is 2.07. The second-order valence-corrected chi connectivity index (χ2v) is 5.43. The van der Waals surface area contributed by atoms with E-state index in [0.29, 0.717) is 11.1 Å². The van der Waals surface area contributed by atoms with Crippen LogP contribution in [0.3, 0.4) is 0 Å². The van der Waals surface area contributed by atoms with E-state index in [4.69, 9.17) is 16.3 Å². The number of carbonyl (C=O) groups excluding carboxylic acids is 1. The van der Waals surface area contributed by atoms with Crippen LogP contribution in [0.4, 0.5) is 13.2 Å². The summed E-state index contributed by atoms with van der Waals surface area (Å²) in [4.78, 5) is 11.5. The van der Waals surface area contributed by atoms with E-state index in [9.17, 15) is 18.0 Å². The maximum absolute atomic E-state index is 12.6. The zero-order chi connectivity index (χ0) is 17.9. The monoisotopic (exact) mass is 358 g/mol. The minimum absolute atomic E-state index is 0.126. The van der Waals surface area contributed by atoms with Gasteiger partial charge >= 0.3 is 12.1 Å². The average Bonchev–Trinajstić information content (AvgIpc) is 2.55. The molecular formula is C17H14ClF3O3. The first-order valence-electron chi connectivity index (χ1n) is 6.94. The smallest absolute Gasteiger partial charge is 0.416 e. The summed E-state index contributed by atoms with van der Waals surface area (Å²) in [7, 11) is 1.27. The summed E-state index contributed by atoms with van der Waals surface area (Å²) in [5.74, 6) is -0.364. The van der Waals surface area contributed by atoms with Crippen LogP contribution in [0.25, 0.3) is 0 Å². The standard InChI is InChI=1S/C17H14ClF3O3/c1-10(11-4-3-5-12(8-11)16(22)23-2)24-15-7-6-13(9-14(15)18)17(19,20)21/h3-10H,1-2H3. The number of hydrogen-bond acceptors (Lipinski definition) is 3. The van der Waals surface area contributed by atoms with Gasteiger partial charge in [0, 0.05) is 0 Å². The molecular weight excluding hydrogens is 345 g/mol. The number of halogens is 4. The molecule has 0 fully saturated rings. The summed E-state index contributed by atoms with van der Waals surface area (Å²) < 4.78 is 48.2. The third kappa shape index (κ3) is 4.20. The largest absolute Gasteiger partial charge is 0.484 e. The van der Waals surface area contributed by atoms with Crippen LogP contribution < -0.4 is 4.74 Å². The number of methoxy groups -OCH3 is 1. The molecule has 7 heteroatoms. The lowest BCUT2D eigenvalue weighted by atomic mass is 10.1. The van der Waals surface area contributed by atoms with Crippen molar-refractivity contribution in [2.75, 3.05) is 7.11 Å². The van der Waals surface area contributed by atoms with E-state index in [1.54, 1.807) is 31.2 Å². The van der Waals surface area contributed by atoms with Crippen LogP contribution in [0.5, 0.6) is 5.75 Å². The number of esters is 1. The van der Waals surface area contributed by atoms with Crippen LogP contribution in [-0.2, 0) is 10.9 Å². The minimum atomic E-state index is -4.47. The van der Waals surface area contributed by atoms with E-state index in [1.807, 2.05) is 0 Å². The van der Waals surface area contributed by atoms with Crippen LogP contribution in [0.15, 0.2) is 42.5 Å². The van der Waals surface area contributed by atoms with Crippen molar-refractivity contribution >= 4 is 17.6 Å². The van der Waals surface area contributed by atoms with Crippen LogP contribution in [-0.4, -0.2) is 13.1 Å². The molecule has 0 heterocycles. The molecule has 0 radical (unpaired) electrons. The van der Waals surface area contributed by atoms with Gasteiger partial charge in [-0.25, -0.2) is 4.79 Å². The fraction of sp³-hybridized carbons (Fsp3) is 0.235. The highest BCUT2D eigenvalue weighted by molar-refractivity contribution is 6.32. The van der Waals surface area contributed by atoms with Gasteiger partial charge in [0.25, 0.3) is 0 Å². The second kappa shape index (κ2) is 7.13. The molecule has 24 heavy (non-hydrogen) atoms. The van der Waals surface area contributed by atoms with Crippen molar-refractivity contribution in [1.82, 2.24) is 0 Å². The molecule has 2 aromatic rings. The predicted molar refractivity (Wildman–Crippen MR) is 83.3 cm³/mol. The van der Waals surface area contributed by atoms with Crippen molar-refractivity contribution in [3.8, 4) is 5.75 Å². The number of benzene rings is 2. The van der Waals surface area contributed by atoms with Crippen LogP contribution >= 0.6 is 11.6 Å². The summed E-state index contributed by atoms with van der Waals surface area (Å²) in [6.07, 6.45) is -4.99. The zero-order valence-electron chi connectivity index (χ0n) is 12.9. The van der Waals surface area contributed by atoms with E-state index in [-0.39, 0.29) is 10.8 Å². The first-order chi connectivity index (χ1) is 11.2. The van der Waals surface area contributed by atoms with Crippen LogP contribution in [0.1, 0.15) is 34.5 Å². The van der Waals surface area contributed by atoms with Crippen LogP contribution in [0.2, 0.25) is 5.02 Å². The van der Waals surface area contributed by atoms with Gasteiger partial charge in [0.1, 0.15) is 11.9 Å². The highest BCUT2D eigenvalue weighted by atomic mass is 35.5. The Kier molecular flexibility index (Phi) is 5.39. The third-order valence-electron chi connectivity index (χ3n) is 3.34. The number of alkyl halides is 3. The molecule has 1 atom stereocenters. The van der Waals surface area contributed by atoms with E-state index in [1.165, 1.54) is 13.2 Å². The molecule has 3 nitrogen and oxygen atoms in total. The van der Waals surface area contributed by atoms with E-state index in [0.717, 1.165) is 12.1 Å². The molecule has 2 aromatic carbocycles. The summed E-state index contributed by atoms with van der Waals surface area (Å²) in [5.41, 5.74) is 0.165. The Bertz CT molecular complexity index is 744. The maximum Gasteiger partial charge on any atom is 0.416 e. The van der Waals surface area contributed by atoms with E-state index in [2.05, 4.69) is 4.74 Å². The van der Waals surface area contributed by atoms with E-state index < -0.39 is 23.8 Å². The molecule has 2 rings (SSSR count). The highest BCUT2D eigenvalue weighted by Crippen LogP contribution is 2.36. The first kappa shape index (κ1) is 18.1.